The van der Waals surface area contributed by atoms with Gasteiger partial charge in [0.25, 0.3) is 5.91 Å². The molecular weight excluding hydrogens is 430 g/mol. The van der Waals surface area contributed by atoms with Crippen molar-refractivity contribution in [3.63, 3.8) is 0 Å². The molecule has 31 heavy (non-hydrogen) atoms. The van der Waals surface area contributed by atoms with Crippen LogP contribution in [0.5, 0.6) is 0 Å². The molecular formula is C22H21N5O2S2. The second-order valence-electron chi connectivity index (χ2n) is 7.32. The number of para-hydroxylation sites is 1. The Morgan fingerprint density at radius 1 is 1.16 bits per heavy atom. The molecule has 0 saturated carbocycles. The highest BCUT2D eigenvalue weighted by molar-refractivity contribution is 7.98. The molecule has 4 heterocycles. The molecule has 7 nitrogen and oxygen atoms in total. The van der Waals surface area contributed by atoms with Gasteiger partial charge in [-0.3, -0.25) is 9.36 Å². The fourth-order valence-electron chi connectivity index (χ4n) is 3.64. The van der Waals surface area contributed by atoms with Gasteiger partial charge in [-0.25, -0.2) is 4.98 Å². The van der Waals surface area contributed by atoms with Crippen molar-refractivity contribution in [2.75, 3.05) is 13.1 Å². The summed E-state index contributed by atoms with van der Waals surface area (Å²) in [6, 6.07) is 11.8. The zero-order chi connectivity index (χ0) is 21.2. The van der Waals surface area contributed by atoms with Crippen LogP contribution in [0.1, 0.15) is 33.9 Å². The molecule has 0 spiro atoms. The fourth-order valence-corrected chi connectivity index (χ4v) is 5.38. The standard InChI is InChI=1S/C22H21N5O2S2/c1-15-7-2-3-8-17(15)27-20(18-9-6-12-29-18)24-25-22(27)31-14-19-23-16(13-30-19)21(28)26-10-4-5-11-26/h2-3,6-9,12-13H,4-5,10-11,14H2,1H3. The third kappa shape index (κ3) is 4.03. The molecule has 1 fully saturated rings. The molecule has 4 aromatic rings. The van der Waals surface area contributed by atoms with Gasteiger partial charge in [-0.15, -0.1) is 21.5 Å². The molecule has 0 radical (unpaired) electrons. The molecule has 5 rings (SSSR count). The van der Waals surface area contributed by atoms with E-state index in [-0.39, 0.29) is 5.91 Å². The Hall–Kier alpha value is -2.91. The number of thioether (sulfide) groups is 1. The van der Waals surface area contributed by atoms with Crippen LogP contribution in [-0.4, -0.2) is 43.6 Å². The first kappa shape index (κ1) is 20.0. The molecule has 3 aromatic heterocycles. The van der Waals surface area contributed by atoms with Gasteiger partial charge < -0.3 is 9.32 Å². The predicted octanol–water partition coefficient (Wildman–Crippen LogP) is 4.82. The topological polar surface area (TPSA) is 77.1 Å². The Kier molecular flexibility index (Phi) is 5.61. The second-order valence-corrected chi connectivity index (χ2v) is 9.20. The number of rotatable bonds is 6. The highest BCUT2D eigenvalue weighted by atomic mass is 32.2. The largest absolute Gasteiger partial charge is 0.461 e. The minimum absolute atomic E-state index is 0.0354. The number of aryl methyl sites for hydroxylation is 1. The van der Waals surface area contributed by atoms with Crippen molar-refractivity contribution in [3.8, 4) is 17.3 Å². The summed E-state index contributed by atoms with van der Waals surface area (Å²) in [6.45, 7) is 3.72. The van der Waals surface area contributed by atoms with Gasteiger partial charge in [0.15, 0.2) is 10.9 Å². The number of carbonyl (C=O) groups is 1. The summed E-state index contributed by atoms with van der Waals surface area (Å²) in [4.78, 5) is 19.0. The zero-order valence-electron chi connectivity index (χ0n) is 17.0. The Balaban J connectivity index is 1.40. The summed E-state index contributed by atoms with van der Waals surface area (Å²) in [5.74, 6) is 1.97. The predicted molar refractivity (Wildman–Crippen MR) is 121 cm³/mol. The van der Waals surface area contributed by atoms with Gasteiger partial charge in [-0.1, -0.05) is 30.0 Å². The normalized spacial score (nSPS) is 13.8. The van der Waals surface area contributed by atoms with Crippen LogP contribution in [0.15, 0.2) is 57.6 Å². The average molecular weight is 452 g/mol. The van der Waals surface area contributed by atoms with Gasteiger partial charge in [0.2, 0.25) is 5.82 Å². The van der Waals surface area contributed by atoms with E-state index in [2.05, 4.69) is 28.2 Å². The number of likely N-dealkylation sites (tertiary alicyclic amines) is 1. The number of thiazole rings is 1. The maximum atomic E-state index is 12.6. The summed E-state index contributed by atoms with van der Waals surface area (Å²) in [7, 11) is 0. The first-order chi connectivity index (χ1) is 15.2. The molecule has 158 valence electrons. The number of hydrogen-bond donors (Lipinski definition) is 0. The minimum Gasteiger partial charge on any atom is -0.461 e. The van der Waals surface area contributed by atoms with E-state index < -0.39 is 0 Å². The van der Waals surface area contributed by atoms with Crippen LogP contribution in [0.3, 0.4) is 0 Å². The summed E-state index contributed by atoms with van der Waals surface area (Å²) in [6.07, 6.45) is 3.78. The Morgan fingerprint density at radius 3 is 2.77 bits per heavy atom. The maximum Gasteiger partial charge on any atom is 0.273 e. The first-order valence-corrected chi connectivity index (χ1v) is 12.0. The van der Waals surface area contributed by atoms with Crippen LogP contribution in [-0.2, 0) is 5.75 Å². The smallest absolute Gasteiger partial charge is 0.273 e. The third-order valence-electron chi connectivity index (χ3n) is 5.22. The maximum absolute atomic E-state index is 12.6. The van der Waals surface area contributed by atoms with E-state index in [4.69, 9.17) is 4.42 Å². The summed E-state index contributed by atoms with van der Waals surface area (Å²) < 4.78 is 7.61. The monoisotopic (exact) mass is 451 g/mol. The average Bonchev–Trinajstić information content (AvgIpc) is 3.59. The van der Waals surface area contributed by atoms with E-state index in [0.29, 0.717) is 23.0 Å². The lowest BCUT2D eigenvalue weighted by molar-refractivity contribution is 0.0787. The highest BCUT2D eigenvalue weighted by Crippen LogP contribution is 2.31. The number of nitrogens with zero attached hydrogens (tertiary/aromatic N) is 5. The molecule has 1 aromatic carbocycles. The Bertz CT molecular complexity index is 1190. The van der Waals surface area contributed by atoms with Crippen LogP contribution >= 0.6 is 23.1 Å². The molecule has 1 saturated heterocycles. The molecule has 0 aliphatic carbocycles. The Morgan fingerprint density at radius 2 is 2.00 bits per heavy atom. The van der Waals surface area contributed by atoms with E-state index in [9.17, 15) is 4.79 Å². The number of aromatic nitrogens is 4. The van der Waals surface area contributed by atoms with E-state index in [1.165, 1.54) is 11.3 Å². The van der Waals surface area contributed by atoms with E-state index in [1.54, 1.807) is 18.0 Å². The van der Waals surface area contributed by atoms with Crippen LogP contribution in [0.2, 0.25) is 0 Å². The molecule has 9 heteroatoms. The van der Waals surface area contributed by atoms with Crippen molar-refractivity contribution in [2.24, 2.45) is 0 Å². The van der Waals surface area contributed by atoms with Gasteiger partial charge in [0.05, 0.1) is 17.7 Å². The lowest BCUT2D eigenvalue weighted by atomic mass is 10.2. The van der Waals surface area contributed by atoms with Gasteiger partial charge >= 0.3 is 0 Å². The second kappa shape index (κ2) is 8.68. The molecule has 1 aliphatic rings. The lowest BCUT2D eigenvalue weighted by Gasteiger charge is -2.12. The summed E-state index contributed by atoms with van der Waals surface area (Å²) >= 11 is 3.06. The zero-order valence-corrected chi connectivity index (χ0v) is 18.7. The van der Waals surface area contributed by atoms with Crippen molar-refractivity contribution in [2.45, 2.75) is 30.7 Å². The summed E-state index contributed by atoms with van der Waals surface area (Å²) in [5, 5.41) is 12.3. The SMILES string of the molecule is Cc1ccccc1-n1c(SCc2nc(C(=O)N3CCCC3)cs2)nnc1-c1ccco1. The van der Waals surface area contributed by atoms with Crippen molar-refractivity contribution < 1.29 is 9.21 Å². The highest BCUT2D eigenvalue weighted by Gasteiger charge is 2.23. The van der Waals surface area contributed by atoms with Crippen molar-refractivity contribution in [1.29, 1.82) is 0 Å². The van der Waals surface area contributed by atoms with Crippen LogP contribution in [0.4, 0.5) is 0 Å². The summed E-state index contributed by atoms with van der Waals surface area (Å²) in [5.41, 5.74) is 2.66. The Labute approximate surface area is 188 Å². The quantitative estimate of drug-likeness (QED) is 0.391. The first-order valence-electron chi connectivity index (χ1n) is 10.1. The molecule has 1 aliphatic heterocycles. The lowest BCUT2D eigenvalue weighted by Crippen LogP contribution is -2.27. The van der Waals surface area contributed by atoms with Gasteiger partial charge in [0.1, 0.15) is 10.7 Å². The fraction of sp³-hybridized carbons (Fsp3) is 0.273. The van der Waals surface area contributed by atoms with Crippen LogP contribution < -0.4 is 0 Å². The van der Waals surface area contributed by atoms with Gasteiger partial charge in [0, 0.05) is 18.5 Å². The van der Waals surface area contributed by atoms with Crippen molar-refractivity contribution in [1.82, 2.24) is 24.6 Å². The third-order valence-corrected chi connectivity index (χ3v) is 7.19. The molecule has 1 amide bonds. The number of furan rings is 1. The molecule has 0 N–H and O–H groups in total. The number of amides is 1. The minimum atomic E-state index is 0.0354. The van der Waals surface area contributed by atoms with Crippen molar-refractivity contribution in [3.05, 3.63) is 64.3 Å². The van der Waals surface area contributed by atoms with Crippen LogP contribution in [0.25, 0.3) is 17.3 Å². The van der Waals surface area contributed by atoms with Crippen molar-refractivity contribution >= 4 is 29.0 Å². The van der Waals surface area contributed by atoms with Crippen LogP contribution in [0, 0.1) is 6.92 Å². The molecule has 0 bridgehead atoms. The molecule has 0 atom stereocenters. The van der Waals surface area contributed by atoms with Gasteiger partial charge in [-0.2, -0.15) is 0 Å². The van der Waals surface area contributed by atoms with E-state index >= 15 is 0 Å². The van der Waals surface area contributed by atoms with E-state index in [1.807, 2.05) is 45.2 Å². The number of carbonyl (C=O) groups excluding carboxylic acids is 1. The molecule has 0 unspecified atom stereocenters. The number of hydrogen-bond acceptors (Lipinski definition) is 7. The number of benzene rings is 1. The van der Waals surface area contributed by atoms with Gasteiger partial charge in [-0.05, 0) is 43.5 Å². The van der Waals surface area contributed by atoms with E-state index in [0.717, 1.165) is 47.3 Å².